The standard InChI is InChI=1S/C25H25F5O2/c1-2-3-4-5-6-7-17-8-11-19(12-9-17)25(29,30)32-20-13-14-21-18(16-20)10-15-22(23(21)26)31-24(27)28/h8-16,24H,2-7H2,1H3. The third kappa shape index (κ3) is 6.11. The van der Waals surface area contributed by atoms with Crippen LogP contribution >= 0.6 is 0 Å². The van der Waals surface area contributed by atoms with Gasteiger partial charge in [-0.3, -0.25) is 0 Å². The Hall–Kier alpha value is -2.83. The third-order valence-electron chi connectivity index (χ3n) is 5.21. The summed E-state index contributed by atoms with van der Waals surface area (Å²) in [5.41, 5.74) is 0.697. The van der Waals surface area contributed by atoms with E-state index in [4.69, 9.17) is 4.74 Å². The Kier molecular flexibility index (Phi) is 7.94. The van der Waals surface area contributed by atoms with Gasteiger partial charge in [-0.25, -0.2) is 4.39 Å². The van der Waals surface area contributed by atoms with Crippen LogP contribution in [0.2, 0.25) is 0 Å². The number of aryl methyl sites for hydroxylation is 1. The number of fused-ring (bicyclic) bond motifs is 1. The van der Waals surface area contributed by atoms with Crippen molar-refractivity contribution in [2.75, 3.05) is 0 Å². The van der Waals surface area contributed by atoms with Crippen LogP contribution in [0.1, 0.15) is 50.2 Å². The van der Waals surface area contributed by atoms with Gasteiger partial charge in [0.25, 0.3) is 0 Å². The zero-order chi connectivity index (χ0) is 23.1. The molecular formula is C25H25F5O2. The predicted molar refractivity (Wildman–Crippen MR) is 114 cm³/mol. The highest BCUT2D eigenvalue weighted by Crippen LogP contribution is 2.35. The van der Waals surface area contributed by atoms with Crippen LogP contribution in [0, 0.1) is 5.82 Å². The van der Waals surface area contributed by atoms with Crippen molar-refractivity contribution in [3.8, 4) is 11.5 Å². The molecule has 2 nitrogen and oxygen atoms in total. The molecule has 3 aromatic carbocycles. The highest BCUT2D eigenvalue weighted by molar-refractivity contribution is 5.86. The van der Waals surface area contributed by atoms with Crippen LogP contribution in [0.15, 0.2) is 54.6 Å². The average Bonchev–Trinajstić information content (AvgIpc) is 2.75. The van der Waals surface area contributed by atoms with Crippen LogP contribution in [0.3, 0.4) is 0 Å². The van der Waals surface area contributed by atoms with Crippen molar-refractivity contribution in [2.45, 2.75) is 58.2 Å². The maximum Gasteiger partial charge on any atom is 0.426 e. The first kappa shape index (κ1) is 23.8. The molecule has 0 spiro atoms. The van der Waals surface area contributed by atoms with Crippen LogP contribution in [0.25, 0.3) is 10.8 Å². The van der Waals surface area contributed by atoms with Gasteiger partial charge in [0.15, 0.2) is 11.6 Å². The fraction of sp³-hybridized carbons (Fsp3) is 0.360. The second-order valence-corrected chi connectivity index (χ2v) is 7.62. The smallest absolute Gasteiger partial charge is 0.426 e. The van der Waals surface area contributed by atoms with Gasteiger partial charge >= 0.3 is 12.7 Å². The van der Waals surface area contributed by atoms with Crippen molar-refractivity contribution in [2.24, 2.45) is 0 Å². The van der Waals surface area contributed by atoms with Crippen LogP contribution in [0.5, 0.6) is 11.5 Å². The molecule has 3 aromatic rings. The van der Waals surface area contributed by atoms with Gasteiger partial charge in [-0.05, 0) is 60.2 Å². The lowest BCUT2D eigenvalue weighted by molar-refractivity contribution is -0.185. The molecule has 0 aliphatic rings. The summed E-state index contributed by atoms with van der Waals surface area (Å²) in [7, 11) is 0. The van der Waals surface area contributed by atoms with Gasteiger partial charge in [-0.1, -0.05) is 50.8 Å². The Morgan fingerprint density at radius 1 is 0.875 bits per heavy atom. The van der Waals surface area contributed by atoms with Crippen LogP contribution in [-0.4, -0.2) is 6.61 Å². The summed E-state index contributed by atoms with van der Waals surface area (Å²) in [4.78, 5) is 0. The van der Waals surface area contributed by atoms with Gasteiger partial charge in [0.2, 0.25) is 0 Å². The molecule has 0 radical (unpaired) electrons. The fourth-order valence-corrected chi connectivity index (χ4v) is 3.51. The molecule has 0 bridgehead atoms. The van der Waals surface area contributed by atoms with E-state index in [0.29, 0.717) is 0 Å². The van der Waals surface area contributed by atoms with Gasteiger partial charge in [0.1, 0.15) is 5.75 Å². The number of hydrogen-bond acceptors (Lipinski definition) is 2. The van der Waals surface area contributed by atoms with E-state index < -0.39 is 24.3 Å². The van der Waals surface area contributed by atoms with Crippen molar-refractivity contribution >= 4 is 10.8 Å². The minimum absolute atomic E-state index is 0.0397. The SMILES string of the molecule is CCCCCCCc1ccc(C(F)(F)Oc2ccc3c(F)c(OC(F)F)ccc3c2)cc1. The topological polar surface area (TPSA) is 18.5 Å². The summed E-state index contributed by atoms with van der Waals surface area (Å²) in [5.74, 6) is -1.78. The second kappa shape index (κ2) is 10.7. The number of rotatable bonds is 11. The van der Waals surface area contributed by atoms with Gasteiger partial charge < -0.3 is 9.47 Å². The largest absolute Gasteiger partial charge is 0.432 e. The number of benzene rings is 3. The molecule has 0 saturated carbocycles. The molecule has 0 heterocycles. The molecule has 3 rings (SSSR count). The molecule has 0 unspecified atom stereocenters. The fourth-order valence-electron chi connectivity index (χ4n) is 3.51. The molecule has 0 saturated heterocycles. The molecule has 0 amide bonds. The summed E-state index contributed by atoms with van der Waals surface area (Å²) in [6.07, 6.45) is 2.93. The van der Waals surface area contributed by atoms with E-state index in [0.717, 1.165) is 37.0 Å². The molecular weight excluding hydrogens is 427 g/mol. The average molecular weight is 452 g/mol. The molecule has 0 aliphatic heterocycles. The third-order valence-corrected chi connectivity index (χ3v) is 5.21. The molecule has 172 valence electrons. The zero-order valence-electron chi connectivity index (χ0n) is 17.7. The minimum Gasteiger partial charge on any atom is -0.432 e. The Balaban J connectivity index is 1.68. The van der Waals surface area contributed by atoms with Crippen molar-refractivity contribution in [3.05, 3.63) is 71.5 Å². The maximum atomic E-state index is 14.7. The van der Waals surface area contributed by atoms with Crippen molar-refractivity contribution in [1.29, 1.82) is 0 Å². The first-order valence-corrected chi connectivity index (χ1v) is 10.6. The van der Waals surface area contributed by atoms with Crippen LogP contribution in [-0.2, 0) is 12.5 Å². The Bertz CT molecular complexity index is 1020. The number of unbranched alkanes of at least 4 members (excludes halogenated alkanes) is 4. The number of ether oxygens (including phenoxy) is 2. The molecule has 0 aromatic heterocycles. The lowest BCUT2D eigenvalue weighted by Crippen LogP contribution is -2.21. The molecule has 0 atom stereocenters. The number of alkyl halides is 4. The minimum atomic E-state index is -3.59. The van der Waals surface area contributed by atoms with Gasteiger partial charge in [-0.2, -0.15) is 17.6 Å². The van der Waals surface area contributed by atoms with Crippen LogP contribution < -0.4 is 9.47 Å². The molecule has 0 N–H and O–H groups in total. The zero-order valence-corrected chi connectivity index (χ0v) is 17.7. The first-order valence-electron chi connectivity index (χ1n) is 10.6. The molecule has 32 heavy (non-hydrogen) atoms. The van der Waals surface area contributed by atoms with Crippen LogP contribution in [0.4, 0.5) is 22.0 Å². The van der Waals surface area contributed by atoms with E-state index in [2.05, 4.69) is 11.7 Å². The lowest BCUT2D eigenvalue weighted by Gasteiger charge is -2.19. The molecule has 0 aliphatic carbocycles. The second-order valence-electron chi connectivity index (χ2n) is 7.62. The van der Waals surface area contributed by atoms with Crippen molar-refractivity contribution in [3.63, 3.8) is 0 Å². The van der Waals surface area contributed by atoms with Crippen molar-refractivity contribution < 1.29 is 31.4 Å². The first-order chi connectivity index (χ1) is 15.3. The molecule has 0 fully saturated rings. The highest BCUT2D eigenvalue weighted by atomic mass is 19.3. The Morgan fingerprint density at radius 3 is 2.28 bits per heavy atom. The van der Waals surface area contributed by atoms with Gasteiger partial charge in [0, 0.05) is 5.39 Å². The predicted octanol–water partition coefficient (Wildman–Crippen LogP) is 8.22. The normalized spacial score (nSPS) is 11.8. The summed E-state index contributed by atoms with van der Waals surface area (Å²) in [6.45, 7) is -1.02. The lowest BCUT2D eigenvalue weighted by atomic mass is 10.0. The Labute approximate surface area is 184 Å². The van der Waals surface area contributed by atoms with E-state index in [1.54, 1.807) is 12.1 Å². The Morgan fingerprint density at radius 2 is 1.59 bits per heavy atom. The monoisotopic (exact) mass is 452 g/mol. The summed E-state index contributed by atoms with van der Waals surface area (Å²) in [6, 6.07) is 11.9. The summed E-state index contributed by atoms with van der Waals surface area (Å²) >= 11 is 0. The van der Waals surface area contributed by atoms with Gasteiger partial charge in [0.05, 0.1) is 5.56 Å². The highest BCUT2D eigenvalue weighted by Gasteiger charge is 2.34. The molecule has 7 heteroatoms. The number of hydrogen-bond donors (Lipinski definition) is 0. The summed E-state index contributed by atoms with van der Waals surface area (Å²) < 4.78 is 77.3. The van der Waals surface area contributed by atoms with Crippen molar-refractivity contribution in [1.82, 2.24) is 0 Å². The van der Waals surface area contributed by atoms with E-state index in [-0.39, 0.29) is 22.1 Å². The van der Waals surface area contributed by atoms with E-state index in [1.165, 1.54) is 49.6 Å². The maximum absolute atomic E-state index is 14.7. The van der Waals surface area contributed by atoms with E-state index in [1.807, 2.05) is 0 Å². The number of halogens is 5. The van der Waals surface area contributed by atoms with E-state index in [9.17, 15) is 22.0 Å². The van der Waals surface area contributed by atoms with Gasteiger partial charge in [-0.15, -0.1) is 0 Å². The van der Waals surface area contributed by atoms with E-state index >= 15 is 0 Å². The quantitative estimate of drug-likeness (QED) is 0.216. The summed E-state index contributed by atoms with van der Waals surface area (Å²) in [5, 5.41) is 0.179.